The van der Waals surface area contributed by atoms with E-state index in [0.717, 1.165) is 0 Å². The first-order valence-electron chi connectivity index (χ1n) is 6.66. The third-order valence-electron chi connectivity index (χ3n) is 3.35. The number of nitrogens with zero attached hydrogens (tertiary/aromatic N) is 3. The minimum atomic E-state index is 0.0571. The fourth-order valence-electron chi connectivity index (χ4n) is 2.29. The number of methoxy groups -OCH3 is 3. The number of hydrogen-bond acceptors (Lipinski definition) is 8. The van der Waals surface area contributed by atoms with E-state index in [1.165, 1.54) is 0 Å². The summed E-state index contributed by atoms with van der Waals surface area (Å²) < 4.78 is 16.1. The molecule has 0 fully saturated rings. The summed E-state index contributed by atoms with van der Waals surface area (Å²) in [5, 5.41) is 0. The molecule has 0 bridgehead atoms. The van der Waals surface area contributed by atoms with Gasteiger partial charge in [0.25, 0.3) is 0 Å². The smallest absolute Gasteiger partial charge is 0.224 e. The van der Waals surface area contributed by atoms with Gasteiger partial charge < -0.3 is 30.7 Å². The Morgan fingerprint density at radius 1 is 0.913 bits per heavy atom. The van der Waals surface area contributed by atoms with Crippen molar-refractivity contribution >= 4 is 22.9 Å². The summed E-state index contributed by atoms with van der Waals surface area (Å²) in [4.78, 5) is 15.5. The van der Waals surface area contributed by atoms with Crippen LogP contribution in [0.4, 0.5) is 11.8 Å². The molecular weight excluding hydrogens is 300 g/mol. The number of aromatic amines is 1. The van der Waals surface area contributed by atoms with E-state index < -0.39 is 0 Å². The number of rotatable bonds is 4. The monoisotopic (exact) mass is 316 g/mol. The molecule has 0 aliphatic rings. The highest BCUT2D eigenvalue weighted by Gasteiger charge is 2.20. The number of fused-ring (bicyclic) bond motifs is 1. The van der Waals surface area contributed by atoms with Crippen LogP contribution in [0.15, 0.2) is 12.1 Å². The van der Waals surface area contributed by atoms with Gasteiger partial charge in [0.1, 0.15) is 34.2 Å². The molecule has 120 valence electrons. The SMILES string of the molecule is COc1cc(OC)c(-c2nc3nc(N)nc(N)c3[nH]2)c(OC)c1. The van der Waals surface area contributed by atoms with E-state index >= 15 is 0 Å². The molecule has 0 spiro atoms. The average Bonchev–Trinajstić information content (AvgIpc) is 2.97. The molecule has 0 atom stereocenters. The Kier molecular flexibility index (Phi) is 3.53. The first kappa shape index (κ1) is 14.7. The van der Waals surface area contributed by atoms with Gasteiger partial charge in [-0.3, -0.25) is 0 Å². The van der Waals surface area contributed by atoms with Gasteiger partial charge in [0, 0.05) is 12.1 Å². The second kappa shape index (κ2) is 5.52. The molecule has 1 aromatic carbocycles. The Morgan fingerprint density at radius 3 is 2.13 bits per heavy atom. The van der Waals surface area contributed by atoms with E-state index in [2.05, 4.69) is 19.9 Å². The predicted octanol–water partition coefficient (Wildman–Crippen LogP) is 1.21. The van der Waals surface area contributed by atoms with E-state index in [1.54, 1.807) is 33.5 Å². The van der Waals surface area contributed by atoms with Crippen LogP contribution in [0.25, 0.3) is 22.6 Å². The predicted molar refractivity (Wildman–Crippen MR) is 85.6 cm³/mol. The maximum Gasteiger partial charge on any atom is 0.224 e. The van der Waals surface area contributed by atoms with Gasteiger partial charge >= 0.3 is 0 Å². The highest BCUT2D eigenvalue weighted by molar-refractivity contribution is 5.87. The zero-order valence-electron chi connectivity index (χ0n) is 12.9. The summed E-state index contributed by atoms with van der Waals surface area (Å²) in [5.74, 6) is 2.41. The molecule has 0 saturated heterocycles. The number of H-pyrrole nitrogens is 1. The van der Waals surface area contributed by atoms with Crippen LogP contribution in [-0.2, 0) is 0 Å². The molecule has 0 aliphatic heterocycles. The molecule has 0 unspecified atom stereocenters. The highest BCUT2D eigenvalue weighted by atomic mass is 16.5. The largest absolute Gasteiger partial charge is 0.496 e. The quantitative estimate of drug-likeness (QED) is 0.653. The number of benzene rings is 1. The van der Waals surface area contributed by atoms with Crippen molar-refractivity contribution in [2.75, 3.05) is 32.8 Å². The van der Waals surface area contributed by atoms with Gasteiger partial charge in [-0.1, -0.05) is 0 Å². The minimum absolute atomic E-state index is 0.0571. The normalized spacial score (nSPS) is 10.7. The van der Waals surface area contributed by atoms with Crippen LogP contribution in [0.3, 0.4) is 0 Å². The number of imidazole rings is 1. The first-order valence-corrected chi connectivity index (χ1v) is 6.66. The van der Waals surface area contributed by atoms with Crippen molar-refractivity contribution in [3.63, 3.8) is 0 Å². The minimum Gasteiger partial charge on any atom is -0.496 e. The summed E-state index contributed by atoms with van der Waals surface area (Å²) >= 11 is 0. The van der Waals surface area contributed by atoms with E-state index in [4.69, 9.17) is 25.7 Å². The second-order valence-corrected chi connectivity index (χ2v) is 4.66. The number of anilines is 2. The van der Waals surface area contributed by atoms with Crippen LogP contribution in [0, 0.1) is 0 Å². The third kappa shape index (κ3) is 2.41. The maximum atomic E-state index is 5.85. The van der Waals surface area contributed by atoms with E-state index in [0.29, 0.717) is 39.8 Å². The maximum absolute atomic E-state index is 5.85. The van der Waals surface area contributed by atoms with Crippen LogP contribution in [0.5, 0.6) is 17.2 Å². The molecule has 2 aromatic heterocycles. The molecule has 0 amide bonds. The van der Waals surface area contributed by atoms with Gasteiger partial charge in [-0.25, -0.2) is 4.98 Å². The van der Waals surface area contributed by atoms with E-state index in [1.807, 2.05) is 0 Å². The summed E-state index contributed by atoms with van der Waals surface area (Å²) in [6.07, 6.45) is 0. The van der Waals surface area contributed by atoms with Crippen molar-refractivity contribution in [3.8, 4) is 28.6 Å². The molecule has 3 rings (SSSR count). The van der Waals surface area contributed by atoms with Crippen molar-refractivity contribution < 1.29 is 14.2 Å². The lowest BCUT2D eigenvalue weighted by molar-refractivity contribution is 0.377. The lowest BCUT2D eigenvalue weighted by Gasteiger charge is -2.13. The number of hydrogen-bond donors (Lipinski definition) is 3. The lowest BCUT2D eigenvalue weighted by atomic mass is 10.1. The molecule has 0 saturated carbocycles. The third-order valence-corrected chi connectivity index (χ3v) is 3.35. The second-order valence-electron chi connectivity index (χ2n) is 4.66. The molecule has 23 heavy (non-hydrogen) atoms. The van der Waals surface area contributed by atoms with Gasteiger partial charge in [-0.05, 0) is 0 Å². The van der Waals surface area contributed by atoms with Crippen molar-refractivity contribution in [2.24, 2.45) is 0 Å². The van der Waals surface area contributed by atoms with Crippen LogP contribution >= 0.6 is 0 Å². The zero-order valence-corrected chi connectivity index (χ0v) is 12.9. The van der Waals surface area contributed by atoms with Gasteiger partial charge in [-0.15, -0.1) is 0 Å². The van der Waals surface area contributed by atoms with Gasteiger partial charge in [0.15, 0.2) is 11.5 Å². The van der Waals surface area contributed by atoms with Gasteiger partial charge in [0.05, 0.1) is 21.3 Å². The molecule has 0 aliphatic carbocycles. The number of ether oxygens (including phenoxy) is 3. The van der Waals surface area contributed by atoms with Crippen molar-refractivity contribution in [1.29, 1.82) is 0 Å². The van der Waals surface area contributed by atoms with Crippen LogP contribution < -0.4 is 25.7 Å². The molecule has 9 nitrogen and oxygen atoms in total. The van der Waals surface area contributed by atoms with Crippen LogP contribution in [0.1, 0.15) is 0 Å². The van der Waals surface area contributed by atoms with Gasteiger partial charge in [0.2, 0.25) is 5.95 Å². The first-order chi connectivity index (χ1) is 11.1. The number of aromatic nitrogens is 4. The molecule has 9 heteroatoms. The fraction of sp³-hybridized carbons (Fsp3) is 0.214. The Morgan fingerprint density at radius 2 is 1.57 bits per heavy atom. The molecule has 3 aromatic rings. The van der Waals surface area contributed by atoms with E-state index in [9.17, 15) is 0 Å². The molecule has 0 radical (unpaired) electrons. The summed E-state index contributed by atoms with van der Waals surface area (Å²) in [6, 6.07) is 3.46. The van der Waals surface area contributed by atoms with Crippen molar-refractivity contribution in [3.05, 3.63) is 12.1 Å². The van der Waals surface area contributed by atoms with E-state index in [-0.39, 0.29) is 11.8 Å². The molecule has 5 N–H and O–H groups in total. The summed E-state index contributed by atoms with van der Waals surface area (Å²) in [7, 11) is 4.66. The highest BCUT2D eigenvalue weighted by Crippen LogP contribution is 2.41. The summed E-state index contributed by atoms with van der Waals surface area (Å²) in [5.41, 5.74) is 12.9. The van der Waals surface area contributed by atoms with Crippen LogP contribution in [0.2, 0.25) is 0 Å². The van der Waals surface area contributed by atoms with Crippen molar-refractivity contribution in [2.45, 2.75) is 0 Å². The molecular formula is C14H16N6O3. The Hall–Kier alpha value is -3.23. The standard InChI is InChI=1S/C14H16N6O3/c1-21-6-4-7(22-2)9(8(5-6)23-3)12-17-10-11(15)18-14(16)20-13(10)19-12/h4-5H,1-3H3,(H5,15,16,17,18,19,20). The van der Waals surface area contributed by atoms with Gasteiger partial charge in [-0.2, -0.15) is 9.97 Å². The van der Waals surface area contributed by atoms with Crippen molar-refractivity contribution in [1.82, 2.24) is 19.9 Å². The molecule has 2 heterocycles. The zero-order chi connectivity index (χ0) is 16.6. The Bertz CT molecular complexity index is 851. The fourth-order valence-corrected chi connectivity index (χ4v) is 2.29. The Balaban J connectivity index is 2.27. The average molecular weight is 316 g/mol. The topological polar surface area (TPSA) is 134 Å². The number of nitrogens with one attached hydrogen (secondary N) is 1. The van der Waals surface area contributed by atoms with Crippen LogP contribution in [-0.4, -0.2) is 41.3 Å². The summed E-state index contributed by atoms with van der Waals surface area (Å²) in [6.45, 7) is 0. The lowest BCUT2D eigenvalue weighted by Crippen LogP contribution is -1.99. The number of nitrogen functional groups attached to an aromatic ring is 2. The number of nitrogens with two attached hydrogens (primary N) is 2. The Labute approximate surface area is 131 Å².